The monoisotopic (exact) mass is 292 g/mol. The third kappa shape index (κ3) is 5.20. The molecule has 0 amide bonds. The average Bonchev–Trinajstić information content (AvgIpc) is 2.21. The lowest BCUT2D eigenvalue weighted by Crippen LogP contribution is -2.22. The minimum absolute atomic E-state index is 0.0131. The highest BCUT2D eigenvalue weighted by atomic mass is 35.5. The fourth-order valence-corrected chi connectivity index (χ4v) is 2.41. The molecule has 18 heavy (non-hydrogen) atoms. The van der Waals surface area contributed by atoms with Crippen molar-refractivity contribution in [3.05, 3.63) is 23.0 Å². The molecule has 1 heterocycles. The van der Waals surface area contributed by atoms with Crippen LogP contribution in [-0.2, 0) is 14.8 Å². The van der Waals surface area contributed by atoms with E-state index in [9.17, 15) is 8.42 Å². The quantitative estimate of drug-likeness (QED) is 0.816. The van der Waals surface area contributed by atoms with E-state index in [1.807, 2.05) is 13.8 Å². The molecule has 0 unspecified atom stereocenters. The fourth-order valence-electron chi connectivity index (χ4n) is 1.25. The SMILES string of the molecule is Cc1nc(Cl)ccc1NS(=O)(=O)CCOC(C)C. The van der Waals surface area contributed by atoms with Crippen molar-refractivity contribution in [1.82, 2.24) is 4.98 Å². The predicted molar refractivity (Wildman–Crippen MR) is 72.5 cm³/mol. The Labute approximate surface area is 113 Å². The zero-order chi connectivity index (χ0) is 13.8. The third-order valence-electron chi connectivity index (χ3n) is 2.12. The second-order valence-electron chi connectivity index (χ2n) is 4.11. The molecule has 102 valence electrons. The van der Waals surface area contributed by atoms with Gasteiger partial charge < -0.3 is 4.74 Å². The Bertz CT molecular complexity index is 503. The number of rotatable bonds is 6. The van der Waals surface area contributed by atoms with Crippen LogP contribution in [0.1, 0.15) is 19.5 Å². The highest BCUT2D eigenvalue weighted by molar-refractivity contribution is 7.92. The summed E-state index contributed by atoms with van der Waals surface area (Å²) < 4.78 is 31.2. The first-order valence-corrected chi connectivity index (χ1v) is 7.58. The highest BCUT2D eigenvalue weighted by Gasteiger charge is 2.12. The number of aromatic nitrogens is 1. The highest BCUT2D eigenvalue weighted by Crippen LogP contribution is 2.17. The van der Waals surface area contributed by atoms with Crippen molar-refractivity contribution in [2.75, 3.05) is 17.1 Å². The Morgan fingerprint density at radius 1 is 1.44 bits per heavy atom. The summed E-state index contributed by atoms with van der Waals surface area (Å²) in [5.74, 6) is -0.0900. The molecule has 1 N–H and O–H groups in total. The van der Waals surface area contributed by atoms with Gasteiger partial charge >= 0.3 is 0 Å². The van der Waals surface area contributed by atoms with Crippen LogP contribution in [0.5, 0.6) is 0 Å². The van der Waals surface area contributed by atoms with Crippen molar-refractivity contribution < 1.29 is 13.2 Å². The molecular weight excluding hydrogens is 276 g/mol. The van der Waals surface area contributed by atoms with Gasteiger partial charge in [0.25, 0.3) is 0 Å². The summed E-state index contributed by atoms with van der Waals surface area (Å²) in [7, 11) is -3.42. The van der Waals surface area contributed by atoms with Crippen LogP contribution in [0.25, 0.3) is 0 Å². The molecule has 1 rings (SSSR count). The summed E-state index contributed by atoms with van der Waals surface area (Å²) in [6.07, 6.45) is 0.0131. The first kappa shape index (κ1) is 15.2. The second kappa shape index (κ2) is 6.36. The molecule has 0 aliphatic carbocycles. The Morgan fingerprint density at radius 3 is 2.67 bits per heavy atom. The number of hydrogen-bond donors (Lipinski definition) is 1. The summed E-state index contributed by atoms with van der Waals surface area (Å²) >= 11 is 5.70. The van der Waals surface area contributed by atoms with E-state index in [1.54, 1.807) is 13.0 Å². The first-order chi connectivity index (χ1) is 8.30. The van der Waals surface area contributed by atoms with E-state index in [0.29, 0.717) is 16.5 Å². The van der Waals surface area contributed by atoms with Gasteiger partial charge in [0.15, 0.2) is 0 Å². The second-order valence-corrected chi connectivity index (χ2v) is 6.34. The number of ether oxygens (including phenoxy) is 1. The van der Waals surface area contributed by atoms with E-state index in [1.165, 1.54) is 6.07 Å². The number of nitrogens with one attached hydrogen (secondary N) is 1. The lowest BCUT2D eigenvalue weighted by atomic mass is 10.3. The maximum absolute atomic E-state index is 11.8. The van der Waals surface area contributed by atoms with Crippen molar-refractivity contribution >= 4 is 27.3 Å². The van der Waals surface area contributed by atoms with E-state index in [4.69, 9.17) is 16.3 Å². The van der Waals surface area contributed by atoms with Gasteiger partial charge in [-0.2, -0.15) is 0 Å². The van der Waals surface area contributed by atoms with Crippen molar-refractivity contribution in [3.63, 3.8) is 0 Å². The van der Waals surface area contributed by atoms with Gasteiger partial charge in [-0.1, -0.05) is 11.6 Å². The molecule has 0 aromatic carbocycles. The van der Waals surface area contributed by atoms with E-state index in [2.05, 4.69) is 9.71 Å². The molecule has 0 aliphatic rings. The largest absolute Gasteiger partial charge is 0.378 e. The summed E-state index contributed by atoms with van der Waals surface area (Å²) in [4.78, 5) is 3.97. The molecule has 1 aromatic heterocycles. The maximum atomic E-state index is 11.8. The molecule has 0 fully saturated rings. The van der Waals surface area contributed by atoms with Crippen LogP contribution in [0, 0.1) is 6.92 Å². The van der Waals surface area contributed by atoms with Crippen molar-refractivity contribution in [1.29, 1.82) is 0 Å². The molecule has 0 spiro atoms. The van der Waals surface area contributed by atoms with Gasteiger partial charge in [-0.3, -0.25) is 4.72 Å². The number of pyridine rings is 1. The van der Waals surface area contributed by atoms with Crippen LogP contribution < -0.4 is 4.72 Å². The number of halogens is 1. The lowest BCUT2D eigenvalue weighted by Gasteiger charge is -2.11. The Hall–Kier alpha value is -0.850. The van der Waals surface area contributed by atoms with Gasteiger partial charge in [-0.15, -0.1) is 0 Å². The summed E-state index contributed by atoms with van der Waals surface area (Å²) in [6, 6.07) is 3.13. The van der Waals surface area contributed by atoms with Gasteiger partial charge in [0.05, 0.1) is 29.8 Å². The minimum Gasteiger partial charge on any atom is -0.378 e. The van der Waals surface area contributed by atoms with E-state index >= 15 is 0 Å². The first-order valence-electron chi connectivity index (χ1n) is 5.55. The molecule has 0 radical (unpaired) electrons. The number of hydrogen-bond acceptors (Lipinski definition) is 4. The summed E-state index contributed by atoms with van der Waals surface area (Å²) in [5.41, 5.74) is 0.972. The van der Waals surface area contributed by atoms with Gasteiger partial charge in [0.2, 0.25) is 10.0 Å². The topological polar surface area (TPSA) is 68.3 Å². The van der Waals surface area contributed by atoms with Crippen LogP contribution in [0.3, 0.4) is 0 Å². The number of anilines is 1. The molecule has 0 saturated carbocycles. The Morgan fingerprint density at radius 2 is 2.11 bits per heavy atom. The van der Waals surface area contributed by atoms with Crippen molar-refractivity contribution in [3.8, 4) is 0 Å². The molecule has 1 aromatic rings. The van der Waals surface area contributed by atoms with Crippen LogP contribution in [-0.4, -0.2) is 31.9 Å². The van der Waals surface area contributed by atoms with Crippen LogP contribution >= 0.6 is 11.6 Å². The predicted octanol–water partition coefficient (Wildman–Crippen LogP) is 2.21. The molecule has 5 nitrogen and oxygen atoms in total. The molecule has 7 heteroatoms. The van der Waals surface area contributed by atoms with Gasteiger partial charge in [0, 0.05) is 0 Å². The fraction of sp³-hybridized carbons (Fsp3) is 0.545. The van der Waals surface area contributed by atoms with Gasteiger partial charge in [0.1, 0.15) is 5.15 Å². The van der Waals surface area contributed by atoms with E-state index in [0.717, 1.165) is 0 Å². The average molecular weight is 293 g/mol. The normalized spacial score (nSPS) is 11.8. The molecule has 0 bridgehead atoms. The van der Waals surface area contributed by atoms with Gasteiger partial charge in [-0.05, 0) is 32.9 Å². The van der Waals surface area contributed by atoms with E-state index < -0.39 is 10.0 Å². The number of sulfonamides is 1. The zero-order valence-corrected chi connectivity index (χ0v) is 12.2. The standard InChI is InChI=1S/C11H17ClN2O3S/c1-8(2)17-6-7-18(15,16)14-10-4-5-11(12)13-9(10)3/h4-5,8,14H,6-7H2,1-3H3. The van der Waals surface area contributed by atoms with Crippen molar-refractivity contribution in [2.24, 2.45) is 0 Å². The lowest BCUT2D eigenvalue weighted by molar-refractivity contribution is 0.0913. The Kier molecular flexibility index (Phi) is 5.37. The molecule has 0 aliphatic heterocycles. The molecular formula is C11H17ClN2O3S. The van der Waals surface area contributed by atoms with Crippen LogP contribution in [0.4, 0.5) is 5.69 Å². The molecule has 0 saturated heterocycles. The van der Waals surface area contributed by atoms with Crippen molar-refractivity contribution in [2.45, 2.75) is 26.9 Å². The minimum atomic E-state index is -3.42. The third-order valence-corrected chi connectivity index (χ3v) is 3.57. The van der Waals surface area contributed by atoms with Crippen LogP contribution in [0.15, 0.2) is 12.1 Å². The number of nitrogens with zero attached hydrogens (tertiary/aromatic N) is 1. The van der Waals surface area contributed by atoms with E-state index in [-0.39, 0.29) is 18.5 Å². The number of aryl methyl sites for hydroxylation is 1. The smallest absolute Gasteiger partial charge is 0.235 e. The molecule has 0 atom stereocenters. The Balaban J connectivity index is 2.65. The summed E-state index contributed by atoms with van der Waals surface area (Å²) in [5, 5.41) is 0.332. The van der Waals surface area contributed by atoms with Crippen LogP contribution in [0.2, 0.25) is 5.15 Å². The maximum Gasteiger partial charge on any atom is 0.235 e. The van der Waals surface area contributed by atoms with Gasteiger partial charge in [-0.25, -0.2) is 13.4 Å². The summed E-state index contributed by atoms with van der Waals surface area (Å²) in [6.45, 7) is 5.56. The zero-order valence-electron chi connectivity index (χ0n) is 10.6.